The Hall–Kier alpha value is -3.32. The van der Waals surface area contributed by atoms with Crippen LogP contribution in [-0.4, -0.2) is 15.5 Å². The number of nitrogens with two attached hydrogens (primary N) is 1. The first-order valence-electron chi connectivity index (χ1n) is 12.2. The van der Waals surface area contributed by atoms with Crippen molar-refractivity contribution < 1.29 is 13.9 Å². The van der Waals surface area contributed by atoms with Gasteiger partial charge in [-0.3, -0.25) is 9.59 Å². The summed E-state index contributed by atoms with van der Waals surface area (Å²) in [6.07, 6.45) is 3.19. The fourth-order valence-corrected chi connectivity index (χ4v) is 5.33. The van der Waals surface area contributed by atoms with Crippen LogP contribution in [0.25, 0.3) is 22.3 Å². The van der Waals surface area contributed by atoms with Crippen molar-refractivity contribution >= 4 is 16.9 Å². The van der Waals surface area contributed by atoms with Crippen molar-refractivity contribution in [1.82, 2.24) is 9.55 Å². The molecule has 35 heavy (non-hydrogen) atoms. The number of carbonyl (C=O) groups excluding carboxylic acids is 1. The lowest BCUT2D eigenvalue weighted by Crippen LogP contribution is -2.31. The fourth-order valence-electron chi connectivity index (χ4n) is 5.33. The Morgan fingerprint density at radius 2 is 1.91 bits per heavy atom. The third kappa shape index (κ3) is 3.69. The summed E-state index contributed by atoms with van der Waals surface area (Å²) < 4.78 is 21.5. The van der Waals surface area contributed by atoms with Crippen LogP contribution in [0.1, 0.15) is 79.5 Å². The number of nitrogens with zero attached hydrogens (tertiary/aromatic N) is 2. The van der Waals surface area contributed by atoms with E-state index >= 15 is 0 Å². The number of fused-ring (bicyclic) bond motifs is 5. The second-order valence-corrected chi connectivity index (χ2v) is 8.95. The van der Waals surface area contributed by atoms with Crippen molar-refractivity contribution in [3.05, 3.63) is 74.3 Å². The average molecular weight is 478 g/mol. The molecule has 3 aromatic rings. The quantitative estimate of drug-likeness (QED) is 0.278. The third-order valence-corrected chi connectivity index (χ3v) is 6.99. The van der Waals surface area contributed by atoms with Gasteiger partial charge in [0.2, 0.25) is 0 Å². The second kappa shape index (κ2) is 9.38. The zero-order valence-electron chi connectivity index (χ0n) is 21.0. The van der Waals surface area contributed by atoms with Crippen LogP contribution in [0, 0.1) is 12.7 Å². The van der Waals surface area contributed by atoms with E-state index in [4.69, 9.17) is 15.5 Å². The van der Waals surface area contributed by atoms with E-state index in [0.29, 0.717) is 46.6 Å². The largest absolute Gasteiger partial charge is 0.460 e. The van der Waals surface area contributed by atoms with Crippen LogP contribution in [0.2, 0.25) is 0 Å². The molecule has 1 aromatic carbocycles. The molecule has 0 fully saturated rings. The number of aromatic nitrogens is 2. The molecule has 2 unspecified atom stereocenters. The van der Waals surface area contributed by atoms with Crippen molar-refractivity contribution in [2.45, 2.75) is 72.6 Å². The van der Waals surface area contributed by atoms with Crippen molar-refractivity contribution in [1.29, 1.82) is 0 Å². The standard InChI is InChI=1S/C23H20FN3O3.C3H6.C2H6/c1-9-11-3-4-16(25)19-13-7-27-18(21(13)26-17(20(11)19)6-15(9)24)5-12-10(2)23(29)30-8-14(12)22(27)28;1-3-2;1-2/h5-6,10,16H,3-4,7-8,25H2,1-2H3;3H,1H2,2H3;1-2H3. The number of benzene rings is 1. The van der Waals surface area contributed by atoms with Crippen molar-refractivity contribution in [3.8, 4) is 11.4 Å². The molecule has 0 saturated heterocycles. The van der Waals surface area contributed by atoms with E-state index in [9.17, 15) is 14.0 Å². The molecular weight excluding hydrogens is 445 g/mol. The van der Waals surface area contributed by atoms with E-state index in [1.54, 1.807) is 24.5 Å². The lowest BCUT2D eigenvalue weighted by molar-refractivity contribution is -0.147. The molecule has 0 bridgehead atoms. The second-order valence-electron chi connectivity index (χ2n) is 8.95. The maximum Gasteiger partial charge on any atom is 0.313 e. The van der Waals surface area contributed by atoms with Gasteiger partial charge in [-0.25, -0.2) is 9.37 Å². The lowest BCUT2D eigenvalue weighted by Gasteiger charge is -2.26. The molecule has 2 N–H and O–H groups in total. The smallest absolute Gasteiger partial charge is 0.313 e. The van der Waals surface area contributed by atoms with Gasteiger partial charge < -0.3 is 15.0 Å². The Labute approximate surface area is 204 Å². The molecule has 4 heterocycles. The number of allylic oxidation sites excluding steroid dienone is 1. The molecule has 2 aromatic heterocycles. The first-order chi connectivity index (χ1) is 16.8. The number of carbonyl (C=O) groups is 1. The number of ether oxygens (including phenoxy) is 1. The molecule has 2 atom stereocenters. The highest BCUT2D eigenvalue weighted by molar-refractivity contribution is 5.93. The Kier molecular flexibility index (Phi) is 6.64. The molecule has 2 aliphatic heterocycles. The Balaban J connectivity index is 0.000000539. The topological polar surface area (TPSA) is 87.2 Å². The zero-order valence-corrected chi connectivity index (χ0v) is 21.0. The number of rotatable bonds is 0. The minimum Gasteiger partial charge on any atom is -0.460 e. The highest BCUT2D eigenvalue weighted by Crippen LogP contribution is 2.44. The monoisotopic (exact) mass is 477 g/mol. The van der Waals surface area contributed by atoms with Crippen molar-refractivity contribution in [2.75, 3.05) is 0 Å². The van der Waals surface area contributed by atoms with Gasteiger partial charge in [-0.1, -0.05) is 19.9 Å². The molecule has 0 amide bonds. The number of pyridine rings is 2. The molecule has 184 valence electrons. The average Bonchev–Trinajstić information content (AvgIpc) is 3.21. The third-order valence-electron chi connectivity index (χ3n) is 6.99. The minimum atomic E-state index is -0.510. The molecule has 1 aliphatic carbocycles. The van der Waals surface area contributed by atoms with E-state index in [1.165, 1.54) is 6.07 Å². The number of esters is 1. The van der Waals surface area contributed by atoms with Gasteiger partial charge in [-0.15, -0.1) is 6.58 Å². The van der Waals surface area contributed by atoms with Gasteiger partial charge in [-0.05, 0) is 61.9 Å². The number of aryl methyl sites for hydroxylation is 1. The number of hydrogen-bond acceptors (Lipinski definition) is 5. The molecule has 6 nitrogen and oxygen atoms in total. The molecule has 6 rings (SSSR count). The molecular formula is C28H32FN3O3. The summed E-state index contributed by atoms with van der Waals surface area (Å²) in [4.78, 5) is 30.1. The van der Waals surface area contributed by atoms with Gasteiger partial charge in [0.25, 0.3) is 5.56 Å². The van der Waals surface area contributed by atoms with Crippen molar-refractivity contribution in [3.63, 3.8) is 0 Å². The molecule has 7 heteroatoms. The zero-order chi connectivity index (χ0) is 25.6. The summed E-state index contributed by atoms with van der Waals surface area (Å²) in [5, 5.41) is 0.934. The predicted molar refractivity (Wildman–Crippen MR) is 136 cm³/mol. The van der Waals surface area contributed by atoms with E-state index in [1.807, 2.05) is 26.8 Å². The highest BCUT2D eigenvalue weighted by atomic mass is 19.1. The number of halogens is 1. The Bertz CT molecular complexity index is 1420. The normalized spacial score (nSPS) is 18.8. The van der Waals surface area contributed by atoms with Crippen LogP contribution in [-0.2, 0) is 29.1 Å². The van der Waals surface area contributed by atoms with Gasteiger partial charge in [0.15, 0.2) is 0 Å². The lowest BCUT2D eigenvalue weighted by atomic mass is 9.82. The summed E-state index contributed by atoms with van der Waals surface area (Å²) in [7, 11) is 0. The number of cyclic esters (lactones) is 1. The van der Waals surface area contributed by atoms with Gasteiger partial charge in [0.1, 0.15) is 12.4 Å². The molecule has 0 saturated carbocycles. The van der Waals surface area contributed by atoms with Crippen LogP contribution in [0.3, 0.4) is 0 Å². The van der Waals surface area contributed by atoms with Gasteiger partial charge >= 0.3 is 5.97 Å². The first-order valence-corrected chi connectivity index (χ1v) is 12.2. The van der Waals surface area contributed by atoms with Gasteiger partial charge in [0, 0.05) is 23.1 Å². The van der Waals surface area contributed by atoms with Crippen LogP contribution in [0.15, 0.2) is 29.6 Å². The Morgan fingerprint density at radius 3 is 2.60 bits per heavy atom. The SMILES string of the molecule is C=CC.CC.Cc1c(F)cc2nc3c(c4c2c1CCC4N)Cn1c-3cc2c(c1=O)COC(=O)C2C. The maximum absolute atomic E-state index is 14.6. The maximum atomic E-state index is 14.6. The van der Waals surface area contributed by atoms with Gasteiger partial charge in [-0.2, -0.15) is 0 Å². The van der Waals surface area contributed by atoms with Crippen LogP contribution in [0.4, 0.5) is 4.39 Å². The highest BCUT2D eigenvalue weighted by Gasteiger charge is 2.35. The van der Waals surface area contributed by atoms with Crippen LogP contribution < -0.4 is 11.3 Å². The summed E-state index contributed by atoms with van der Waals surface area (Å²) in [5.41, 5.74) is 13.0. The van der Waals surface area contributed by atoms with E-state index < -0.39 is 5.92 Å². The molecule has 3 aliphatic rings. The van der Waals surface area contributed by atoms with Gasteiger partial charge in [0.05, 0.1) is 34.9 Å². The first kappa shape index (κ1) is 24.8. The van der Waals surface area contributed by atoms with E-state index in [0.717, 1.165) is 28.5 Å². The summed E-state index contributed by atoms with van der Waals surface area (Å²) in [5.74, 6) is -1.12. The summed E-state index contributed by atoms with van der Waals surface area (Å²) in [6, 6.07) is 3.15. The minimum absolute atomic E-state index is 0.00963. The van der Waals surface area contributed by atoms with E-state index in [2.05, 4.69) is 6.58 Å². The summed E-state index contributed by atoms with van der Waals surface area (Å²) in [6.45, 7) is 13.2. The van der Waals surface area contributed by atoms with E-state index in [-0.39, 0.29) is 30.0 Å². The Morgan fingerprint density at radius 1 is 1.23 bits per heavy atom. The predicted octanol–water partition coefficient (Wildman–Crippen LogP) is 5.20. The molecule has 0 spiro atoms. The number of hydrogen-bond donors (Lipinski definition) is 1. The van der Waals surface area contributed by atoms with Crippen molar-refractivity contribution in [2.24, 2.45) is 5.73 Å². The fraction of sp³-hybridized carbons (Fsp3) is 0.393. The summed E-state index contributed by atoms with van der Waals surface area (Å²) >= 11 is 0. The van der Waals surface area contributed by atoms with Crippen LogP contribution in [0.5, 0.6) is 0 Å². The molecule has 0 radical (unpaired) electrons. The van der Waals surface area contributed by atoms with Crippen LogP contribution >= 0.6 is 0 Å².